The Morgan fingerprint density at radius 1 is 1.39 bits per heavy atom. The third kappa shape index (κ3) is 2.10. The summed E-state index contributed by atoms with van der Waals surface area (Å²) in [6.45, 7) is 4.79. The molecule has 0 spiro atoms. The quantitative estimate of drug-likeness (QED) is 0.784. The van der Waals surface area contributed by atoms with Gasteiger partial charge >= 0.3 is 0 Å². The van der Waals surface area contributed by atoms with Crippen molar-refractivity contribution in [3.8, 4) is 0 Å². The average molecular weight is 266 g/mol. The standard InChI is InChI=1S/C13H16ClN3O/c1-9-6-17(7-10-2-4-18-5-3-10)13-11(9)12(14)15-8-16-13/h6,8,10H,2-5,7H2,1H3. The van der Waals surface area contributed by atoms with Crippen LogP contribution in [0.25, 0.3) is 11.0 Å². The van der Waals surface area contributed by atoms with Crippen LogP contribution in [-0.4, -0.2) is 27.7 Å². The Bertz CT molecular complexity index is 561. The summed E-state index contributed by atoms with van der Waals surface area (Å²) in [6.07, 6.45) is 5.90. The van der Waals surface area contributed by atoms with E-state index in [1.807, 2.05) is 0 Å². The molecule has 1 aliphatic rings. The normalized spacial score (nSPS) is 17.4. The van der Waals surface area contributed by atoms with E-state index in [1.165, 1.54) is 6.33 Å². The van der Waals surface area contributed by atoms with Crippen molar-refractivity contribution in [1.29, 1.82) is 0 Å². The van der Waals surface area contributed by atoms with Crippen molar-refractivity contribution in [2.45, 2.75) is 26.3 Å². The summed E-state index contributed by atoms with van der Waals surface area (Å²) in [5, 5.41) is 1.52. The number of aromatic nitrogens is 3. The number of hydrogen-bond donors (Lipinski definition) is 0. The first-order chi connectivity index (χ1) is 8.75. The van der Waals surface area contributed by atoms with Crippen molar-refractivity contribution in [2.75, 3.05) is 13.2 Å². The summed E-state index contributed by atoms with van der Waals surface area (Å²) in [4.78, 5) is 8.41. The third-order valence-electron chi connectivity index (χ3n) is 3.59. The van der Waals surface area contributed by atoms with Gasteiger partial charge < -0.3 is 9.30 Å². The highest BCUT2D eigenvalue weighted by Crippen LogP contribution is 2.26. The van der Waals surface area contributed by atoms with Crippen LogP contribution in [0.2, 0.25) is 5.15 Å². The number of hydrogen-bond acceptors (Lipinski definition) is 3. The van der Waals surface area contributed by atoms with E-state index in [1.54, 1.807) is 0 Å². The maximum absolute atomic E-state index is 6.13. The Kier molecular flexibility index (Phi) is 3.22. The fourth-order valence-corrected chi connectivity index (χ4v) is 2.90. The molecule has 1 saturated heterocycles. The third-order valence-corrected chi connectivity index (χ3v) is 3.88. The lowest BCUT2D eigenvalue weighted by Gasteiger charge is -2.22. The monoisotopic (exact) mass is 265 g/mol. The predicted octanol–water partition coefficient (Wildman–Crippen LogP) is 2.82. The lowest BCUT2D eigenvalue weighted by Crippen LogP contribution is -2.20. The molecule has 0 aromatic carbocycles. The van der Waals surface area contributed by atoms with Crippen LogP contribution in [0.15, 0.2) is 12.5 Å². The van der Waals surface area contributed by atoms with Gasteiger partial charge in [0.25, 0.3) is 0 Å². The summed E-state index contributed by atoms with van der Waals surface area (Å²) in [7, 11) is 0. The van der Waals surface area contributed by atoms with Gasteiger partial charge in [-0.1, -0.05) is 11.6 Å². The van der Waals surface area contributed by atoms with Crippen LogP contribution >= 0.6 is 11.6 Å². The molecule has 5 heteroatoms. The highest BCUT2D eigenvalue weighted by atomic mass is 35.5. The zero-order valence-electron chi connectivity index (χ0n) is 10.4. The lowest BCUT2D eigenvalue weighted by molar-refractivity contribution is 0.0616. The molecule has 1 fully saturated rings. The number of ether oxygens (including phenoxy) is 1. The second kappa shape index (κ2) is 4.86. The number of halogens is 1. The summed E-state index contributed by atoms with van der Waals surface area (Å²) < 4.78 is 7.60. The number of rotatable bonds is 2. The molecule has 3 rings (SSSR count). The molecule has 18 heavy (non-hydrogen) atoms. The molecule has 0 saturated carbocycles. The highest BCUT2D eigenvalue weighted by Gasteiger charge is 2.17. The Balaban J connectivity index is 1.94. The van der Waals surface area contributed by atoms with Crippen LogP contribution in [-0.2, 0) is 11.3 Å². The van der Waals surface area contributed by atoms with Gasteiger partial charge in [-0.25, -0.2) is 9.97 Å². The molecule has 0 N–H and O–H groups in total. The molecule has 0 atom stereocenters. The van der Waals surface area contributed by atoms with E-state index in [9.17, 15) is 0 Å². The Morgan fingerprint density at radius 3 is 2.94 bits per heavy atom. The zero-order chi connectivity index (χ0) is 12.5. The number of fused-ring (bicyclic) bond motifs is 1. The molecule has 0 bridgehead atoms. The molecule has 0 unspecified atom stereocenters. The van der Waals surface area contributed by atoms with E-state index < -0.39 is 0 Å². The summed E-state index contributed by atoms with van der Waals surface area (Å²) in [5.41, 5.74) is 2.08. The molecule has 2 aromatic rings. The van der Waals surface area contributed by atoms with Gasteiger partial charge in [0, 0.05) is 26.0 Å². The molecule has 4 nitrogen and oxygen atoms in total. The van der Waals surface area contributed by atoms with Crippen molar-refractivity contribution in [1.82, 2.24) is 14.5 Å². The van der Waals surface area contributed by atoms with Crippen molar-refractivity contribution in [3.05, 3.63) is 23.2 Å². The molecular weight excluding hydrogens is 250 g/mol. The van der Waals surface area contributed by atoms with E-state index in [0.29, 0.717) is 11.1 Å². The van der Waals surface area contributed by atoms with Crippen molar-refractivity contribution in [2.24, 2.45) is 5.92 Å². The topological polar surface area (TPSA) is 39.9 Å². The van der Waals surface area contributed by atoms with Crippen LogP contribution < -0.4 is 0 Å². The molecule has 3 heterocycles. The fraction of sp³-hybridized carbons (Fsp3) is 0.538. The van der Waals surface area contributed by atoms with Crippen LogP contribution in [0.3, 0.4) is 0 Å². The maximum atomic E-state index is 6.13. The molecule has 1 aliphatic heterocycles. The smallest absolute Gasteiger partial charge is 0.145 e. The van der Waals surface area contributed by atoms with E-state index >= 15 is 0 Å². The predicted molar refractivity (Wildman–Crippen MR) is 70.8 cm³/mol. The van der Waals surface area contributed by atoms with Gasteiger partial charge in [0.15, 0.2) is 0 Å². The van der Waals surface area contributed by atoms with Gasteiger partial charge in [-0.2, -0.15) is 0 Å². The van der Waals surface area contributed by atoms with Crippen LogP contribution in [0.5, 0.6) is 0 Å². The van der Waals surface area contributed by atoms with Gasteiger partial charge in [-0.05, 0) is 31.2 Å². The molecule has 0 radical (unpaired) electrons. The Labute approximate surface area is 111 Å². The first-order valence-electron chi connectivity index (χ1n) is 6.29. The van der Waals surface area contributed by atoms with Crippen LogP contribution in [0, 0.1) is 12.8 Å². The van der Waals surface area contributed by atoms with Gasteiger partial charge in [0.1, 0.15) is 17.1 Å². The Hall–Kier alpha value is -1.13. The molecule has 0 amide bonds. The second-order valence-electron chi connectivity index (χ2n) is 4.88. The van der Waals surface area contributed by atoms with Crippen LogP contribution in [0.4, 0.5) is 0 Å². The van der Waals surface area contributed by atoms with E-state index in [-0.39, 0.29) is 0 Å². The minimum Gasteiger partial charge on any atom is -0.381 e. The van der Waals surface area contributed by atoms with Gasteiger partial charge in [0.05, 0.1) is 5.39 Å². The number of nitrogens with zero attached hydrogens (tertiary/aromatic N) is 3. The summed E-state index contributed by atoms with van der Waals surface area (Å²) in [5.74, 6) is 0.669. The van der Waals surface area contributed by atoms with Crippen molar-refractivity contribution < 1.29 is 4.74 Å². The van der Waals surface area contributed by atoms with Crippen LogP contribution in [0.1, 0.15) is 18.4 Å². The first kappa shape index (κ1) is 11.9. The van der Waals surface area contributed by atoms with Crippen molar-refractivity contribution >= 4 is 22.6 Å². The lowest BCUT2D eigenvalue weighted by atomic mass is 10.0. The maximum Gasteiger partial charge on any atom is 0.145 e. The fourth-order valence-electron chi connectivity index (χ4n) is 2.62. The van der Waals surface area contributed by atoms with Gasteiger partial charge in [-0.3, -0.25) is 0 Å². The highest BCUT2D eigenvalue weighted by molar-refractivity contribution is 6.34. The largest absolute Gasteiger partial charge is 0.381 e. The van der Waals surface area contributed by atoms with E-state index in [4.69, 9.17) is 16.3 Å². The summed E-state index contributed by atoms with van der Waals surface area (Å²) >= 11 is 6.13. The average Bonchev–Trinajstić information content (AvgIpc) is 2.69. The van der Waals surface area contributed by atoms with Gasteiger partial charge in [-0.15, -0.1) is 0 Å². The second-order valence-corrected chi connectivity index (χ2v) is 5.24. The minimum absolute atomic E-state index is 0.545. The zero-order valence-corrected chi connectivity index (χ0v) is 11.2. The molecular formula is C13H16ClN3O. The first-order valence-corrected chi connectivity index (χ1v) is 6.67. The number of aryl methyl sites for hydroxylation is 1. The van der Waals surface area contributed by atoms with E-state index in [2.05, 4.69) is 27.7 Å². The molecule has 0 aliphatic carbocycles. The molecule has 2 aromatic heterocycles. The van der Waals surface area contributed by atoms with Gasteiger partial charge in [0.2, 0.25) is 0 Å². The van der Waals surface area contributed by atoms with Crippen molar-refractivity contribution in [3.63, 3.8) is 0 Å². The molecule has 96 valence electrons. The van der Waals surface area contributed by atoms with E-state index in [0.717, 1.165) is 49.2 Å². The SMILES string of the molecule is Cc1cn(CC2CCOCC2)c2ncnc(Cl)c12. The minimum atomic E-state index is 0.545. The Morgan fingerprint density at radius 2 is 2.17 bits per heavy atom. The summed E-state index contributed by atoms with van der Waals surface area (Å²) in [6, 6.07) is 0.